The quantitative estimate of drug-likeness (QED) is 0.393. The van der Waals surface area contributed by atoms with Crippen LogP contribution in [-0.4, -0.2) is 33.6 Å². The summed E-state index contributed by atoms with van der Waals surface area (Å²) in [5, 5.41) is 15.5. The van der Waals surface area contributed by atoms with E-state index in [0.717, 1.165) is 0 Å². The number of carbonyl (C=O) groups is 1. The van der Waals surface area contributed by atoms with Crippen LogP contribution >= 0.6 is 25.1 Å². The zero-order chi connectivity index (χ0) is 23.4. The van der Waals surface area contributed by atoms with Crippen molar-refractivity contribution in [1.82, 2.24) is 15.3 Å². The summed E-state index contributed by atoms with van der Waals surface area (Å²) >= 11 is 6.01. The number of aliphatic hydroxyl groups is 1. The minimum Gasteiger partial charge on any atom is -0.392 e. The molecule has 0 unspecified atom stereocenters. The van der Waals surface area contributed by atoms with E-state index in [1.807, 2.05) is 13.8 Å². The normalized spacial score (nSPS) is 11.6. The monoisotopic (exact) mass is 492 g/mol. The molecule has 0 saturated heterocycles. The Bertz CT molecular complexity index is 1200. The van der Waals surface area contributed by atoms with Gasteiger partial charge in [-0.15, -0.1) is 0 Å². The van der Waals surface area contributed by atoms with Crippen LogP contribution in [0.2, 0.25) is 5.02 Å². The number of aromatic nitrogens is 2. The molecule has 0 aliphatic rings. The largest absolute Gasteiger partial charge is 0.392 e. The number of H-pyrrole nitrogens is 1. The smallest absolute Gasteiger partial charge is 0.256 e. The van der Waals surface area contributed by atoms with Gasteiger partial charge in [-0.1, -0.05) is 25.4 Å². The summed E-state index contributed by atoms with van der Waals surface area (Å²) in [5.41, 5.74) is 1.51. The zero-order valence-electron chi connectivity index (χ0n) is 18.4. The second kappa shape index (κ2) is 11.3. The number of aliphatic hydroxyl groups excluding tert-OH is 1. The molecule has 4 N–H and O–H groups in total. The molecule has 2 aromatic heterocycles. The molecule has 10 heteroatoms. The third-order valence-corrected chi connectivity index (χ3v) is 5.00. The van der Waals surface area contributed by atoms with Crippen molar-refractivity contribution in [1.29, 1.82) is 0 Å². The molecular formula is C23H26ClFN4O3S. The topological polar surface area (TPSA) is 107 Å². The Morgan fingerprint density at radius 1 is 1.18 bits per heavy atom. The Balaban J connectivity index is 0.00000385. The van der Waals surface area contributed by atoms with Crippen LogP contribution in [0, 0.1) is 5.82 Å². The van der Waals surface area contributed by atoms with Crippen molar-refractivity contribution in [3.05, 3.63) is 75.2 Å². The van der Waals surface area contributed by atoms with E-state index >= 15 is 0 Å². The van der Waals surface area contributed by atoms with Crippen molar-refractivity contribution in [2.24, 2.45) is 0 Å². The SMILES string of the molecule is CC(C)c1[nH]c(=O)c(-c2cc(Cl)ccc2F)cc1Nc1ccncc1C(=O)NC[C@H](C)O.S. The van der Waals surface area contributed by atoms with E-state index in [1.165, 1.54) is 30.6 Å². The van der Waals surface area contributed by atoms with Crippen molar-refractivity contribution < 1.29 is 14.3 Å². The standard InChI is InChI=1S/C23H24ClFN4O3.H2S/c1-12(2)21-20(9-16(23(32)29-21)15-8-14(24)4-5-18(15)25)28-19-6-7-26-11-17(19)22(31)27-10-13(3)30;/h4-9,11-13,30H,10H2,1-3H3,(H,26,28)(H,27,31)(H,29,32);1H2/t13-;/m0./s1. The molecule has 0 spiro atoms. The molecule has 1 amide bonds. The molecule has 176 valence electrons. The Labute approximate surface area is 202 Å². The van der Waals surface area contributed by atoms with Gasteiger partial charge in [-0.2, -0.15) is 13.5 Å². The van der Waals surface area contributed by atoms with E-state index in [-0.39, 0.29) is 42.6 Å². The molecule has 0 fully saturated rings. The number of nitrogens with zero attached hydrogens (tertiary/aromatic N) is 1. The van der Waals surface area contributed by atoms with Gasteiger partial charge in [-0.25, -0.2) is 4.39 Å². The Hall–Kier alpha value is -2.88. The van der Waals surface area contributed by atoms with E-state index < -0.39 is 23.4 Å². The fourth-order valence-corrected chi connectivity index (χ4v) is 3.34. The average molecular weight is 493 g/mol. The summed E-state index contributed by atoms with van der Waals surface area (Å²) in [6.45, 7) is 5.45. The van der Waals surface area contributed by atoms with Crippen molar-refractivity contribution in [3.8, 4) is 11.1 Å². The van der Waals surface area contributed by atoms with Gasteiger partial charge in [-0.05, 0) is 43.2 Å². The maximum absolute atomic E-state index is 14.5. The number of benzene rings is 1. The van der Waals surface area contributed by atoms with Crippen LogP contribution < -0.4 is 16.2 Å². The number of amides is 1. The molecule has 0 aliphatic heterocycles. The number of pyridine rings is 2. The van der Waals surface area contributed by atoms with Crippen molar-refractivity contribution in [3.63, 3.8) is 0 Å². The van der Waals surface area contributed by atoms with Gasteiger partial charge < -0.3 is 20.7 Å². The van der Waals surface area contributed by atoms with E-state index in [0.29, 0.717) is 22.1 Å². The van der Waals surface area contributed by atoms with Crippen LogP contribution in [0.4, 0.5) is 15.8 Å². The second-order valence-electron chi connectivity index (χ2n) is 7.72. The van der Waals surface area contributed by atoms with E-state index in [2.05, 4.69) is 20.6 Å². The first-order valence-electron chi connectivity index (χ1n) is 10.1. The Morgan fingerprint density at radius 3 is 2.58 bits per heavy atom. The number of carbonyl (C=O) groups excluding carboxylic acids is 1. The fraction of sp³-hybridized carbons (Fsp3) is 0.261. The first-order chi connectivity index (χ1) is 15.2. The Kier molecular flexibility index (Phi) is 9.04. The minimum atomic E-state index is -0.700. The highest BCUT2D eigenvalue weighted by Crippen LogP contribution is 2.31. The maximum atomic E-state index is 14.5. The van der Waals surface area contributed by atoms with Gasteiger partial charge in [-0.3, -0.25) is 14.6 Å². The molecule has 0 saturated carbocycles. The fourth-order valence-electron chi connectivity index (χ4n) is 3.17. The number of halogens is 2. The van der Waals surface area contributed by atoms with E-state index in [9.17, 15) is 19.1 Å². The van der Waals surface area contributed by atoms with Crippen molar-refractivity contribution in [2.75, 3.05) is 11.9 Å². The predicted molar refractivity (Wildman–Crippen MR) is 133 cm³/mol. The zero-order valence-corrected chi connectivity index (χ0v) is 20.1. The summed E-state index contributed by atoms with van der Waals surface area (Å²) < 4.78 is 14.5. The van der Waals surface area contributed by atoms with Crippen LogP contribution in [0.25, 0.3) is 11.1 Å². The number of hydrogen-bond acceptors (Lipinski definition) is 5. The van der Waals surface area contributed by atoms with Gasteiger partial charge in [0.05, 0.1) is 28.6 Å². The highest BCUT2D eigenvalue weighted by Gasteiger charge is 2.18. The average Bonchev–Trinajstić information content (AvgIpc) is 2.75. The molecule has 3 rings (SSSR count). The molecule has 1 atom stereocenters. The summed E-state index contributed by atoms with van der Waals surface area (Å²) in [6, 6.07) is 7.16. The van der Waals surface area contributed by atoms with Gasteiger partial charge in [0, 0.05) is 35.2 Å². The molecular weight excluding hydrogens is 467 g/mol. The molecule has 3 aromatic rings. The van der Waals surface area contributed by atoms with Crippen LogP contribution in [0.15, 0.2) is 47.5 Å². The lowest BCUT2D eigenvalue weighted by Crippen LogP contribution is -2.31. The lowest BCUT2D eigenvalue weighted by Gasteiger charge is -2.18. The summed E-state index contributed by atoms with van der Waals surface area (Å²) in [5.74, 6) is -1.07. The molecule has 7 nitrogen and oxygen atoms in total. The lowest BCUT2D eigenvalue weighted by molar-refractivity contribution is 0.0924. The number of rotatable bonds is 7. The van der Waals surface area contributed by atoms with Gasteiger partial charge in [0.25, 0.3) is 11.5 Å². The third-order valence-electron chi connectivity index (χ3n) is 4.76. The molecule has 1 aromatic carbocycles. The van der Waals surface area contributed by atoms with E-state index in [4.69, 9.17) is 11.6 Å². The Morgan fingerprint density at radius 2 is 1.91 bits per heavy atom. The lowest BCUT2D eigenvalue weighted by atomic mass is 10.0. The molecule has 33 heavy (non-hydrogen) atoms. The molecule has 0 aliphatic carbocycles. The van der Waals surface area contributed by atoms with Crippen LogP contribution in [0.3, 0.4) is 0 Å². The highest BCUT2D eigenvalue weighted by molar-refractivity contribution is 7.59. The molecule has 0 bridgehead atoms. The molecule has 0 radical (unpaired) electrons. The number of aromatic amines is 1. The van der Waals surface area contributed by atoms with E-state index in [1.54, 1.807) is 19.1 Å². The van der Waals surface area contributed by atoms with Crippen molar-refractivity contribution >= 4 is 42.4 Å². The van der Waals surface area contributed by atoms with Crippen LogP contribution in [0.5, 0.6) is 0 Å². The number of hydrogen-bond donors (Lipinski definition) is 4. The molecule has 2 heterocycles. The van der Waals surface area contributed by atoms with Gasteiger partial charge in [0.15, 0.2) is 0 Å². The van der Waals surface area contributed by atoms with Gasteiger partial charge in [0.2, 0.25) is 0 Å². The first kappa shape index (κ1) is 26.4. The number of anilines is 2. The second-order valence-corrected chi connectivity index (χ2v) is 8.16. The van der Waals surface area contributed by atoms with Gasteiger partial charge in [0.1, 0.15) is 5.82 Å². The minimum absolute atomic E-state index is 0. The van der Waals surface area contributed by atoms with Gasteiger partial charge >= 0.3 is 0 Å². The summed E-state index contributed by atoms with van der Waals surface area (Å²) in [6.07, 6.45) is 2.22. The highest BCUT2D eigenvalue weighted by atomic mass is 35.5. The first-order valence-corrected chi connectivity index (χ1v) is 10.4. The number of nitrogens with one attached hydrogen (secondary N) is 3. The van der Waals surface area contributed by atoms with Crippen LogP contribution in [-0.2, 0) is 0 Å². The predicted octanol–water partition coefficient (Wildman–Crippen LogP) is 4.32. The van der Waals surface area contributed by atoms with Crippen LogP contribution in [0.1, 0.15) is 42.7 Å². The third kappa shape index (κ3) is 6.34. The summed E-state index contributed by atoms with van der Waals surface area (Å²) in [4.78, 5) is 32.2. The summed E-state index contributed by atoms with van der Waals surface area (Å²) in [7, 11) is 0. The van der Waals surface area contributed by atoms with Crippen molar-refractivity contribution in [2.45, 2.75) is 32.8 Å². The maximum Gasteiger partial charge on any atom is 0.256 e.